The van der Waals surface area contributed by atoms with Crippen LogP contribution in [0.25, 0.3) is 0 Å². The van der Waals surface area contributed by atoms with Gasteiger partial charge >= 0.3 is 11.9 Å². The number of rotatable bonds is 12. The summed E-state index contributed by atoms with van der Waals surface area (Å²) in [4.78, 5) is 66.8. The molecule has 26 heavy (non-hydrogen) atoms. The molecule has 0 aliphatic carbocycles. The molecular weight excluding hydrogens is 354 g/mol. The van der Waals surface area contributed by atoms with Crippen molar-refractivity contribution in [3.63, 3.8) is 0 Å². The first-order valence-corrected chi connectivity index (χ1v) is 7.35. The lowest BCUT2D eigenvalue weighted by atomic mass is 10.1. The Labute approximate surface area is 147 Å². The monoisotopic (exact) mass is 375 g/mol. The highest BCUT2D eigenvalue weighted by atomic mass is 16.4. The standard InChI is InChI=1S/C13H21N5O8/c14-6(1-2-8(15)19)12(25)16-4-9(20)18-7(3-10(21)22)13(26)17-5-11(23)24/h6-7H,1-5,14H2,(H2,15,19)(H,16,25)(H,17,26)(H,18,20)(H,21,22)(H,23,24). The van der Waals surface area contributed by atoms with Crippen molar-refractivity contribution in [2.75, 3.05) is 13.1 Å². The zero-order chi connectivity index (χ0) is 20.3. The lowest BCUT2D eigenvalue weighted by Gasteiger charge is -2.17. The van der Waals surface area contributed by atoms with Crippen LogP contribution in [0.1, 0.15) is 19.3 Å². The van der Waals surface area contributed by atoms with Crippen LogP contribution in [0.3, 0.4) is 0 Å². The van der Waals surface area contributed by atoms with E-state index in [-0.39, 0.29) is 12.8 Å². The van der Waals surface area contributed by atoms with Gasteiger partial charge in [0.15, 0.2) is 0 Å². The second kappa shape index (κ2) is 11.4. The number of primary amides is 1. The topological polar surface area (TPSA) is 231 Å². The van der Waals surface area contributed by atoms with Crippen molar-refractivity contribution in [2.24, 2.45) is 11.5 Å². The smallest absolute Gasteiger partial charge is 0.322 e. The molecule has 0 radical (unpaired) electrons. The van der Waals surface area contributed by atoms with Gasteiger partial charge in [-0.2, -0.15) is 0 Å². The lowest BCUT2D eigenvalue weighted by molar-refractivity contribution is -0.141. The molecule has 4 amide bonds. The Hall–Kier alpha value is -3.22. The SMILES string of the molecule is NC(=O)CCC(N)C(=O)NCC(=O)NC(CC(=O)O)C(=O)NCC(=O)O. The number of nitrogens with one attached hydrogen (secondary N) is 3. The first-order valence-electron chi connectivity index (χ1n) is 7.35. The summed E-state index contributed by atoms with van der Waals surface area (Å²) in [6.07, 6.45) is -0.934. The van der Waals surface area contributed by atoms with Crippen molar-refractivity contribution in [1.29, 1.82) is 0 Å². The summed E-state index contributed by atoms with van der Waals surface area (Å²) in [5, 5.41) is 23.4. The number of aliphatic carboxylic acids is 2. The first-order chi connectivity index (χ1) is 12.0. The minimum Gasteiger partial charge on any atom is -0.481 e. The van der Waals surface area contributed by atoms with Gasteiger partial charge in [0.1, 0.15) is 12.6 Å². The molecule has 0 aliphatic rings. The van der Waals surface area contributed by atoms with Gasteiger partial charge in [0.25, 0.3) is 0 Å². The van der Waals surface area contributed by atoms with Crippen LogP contribution in [0.4, 0.5) is 0 Å². The van der Waals surface area contributed by atoms with Gasteiger partial charge in [0, 0.05) is 6.42 Å². The minimum atomic E-state index is -1.53. The summed E-state index contributed by atoms with van der Waals surface area (Å²) >= 11 is 0. The zero-order valence-corrected chi connectivity index (χ0v) is 13.7. The summed E-state index contributed by atoms with van der Waals surface area (Å²) in [5.41, 5.74) is 10.4. The number of hydrogen-bond donors (Lipinski definition) is 7. The van der Waals surface area contributed by atoms with Gasteiger partial charge < -0.3 is 37.6 Å². The van der Waals surface area contributed by atoms with Gasteiger partial charge in [0.05, 0.1) is 19.0 Å². The van der Waals surface area contributed by atoms with Gasteiger partial charge in [-0.05, 0) is 6.42 Å². The van der Waals surface area contributed by atoms with E-state index < -0.39 is 67.2 Å². The Bertz CT molecular complexity index is 579. The molecule has 0 saturated carbocycles. The Morgan fingerprint density at radius 1 is 0.885 bits per heavy atom. The highest BCUT2D eigenvalue weighted by molar-refractivity contribution is 5.93. The van der Waals surface area contributed by atoms with Crippen LogP contribution < -0.4 is 27.4 Å². The maximum absolute atomic E-state index is 11.7. The predicted molar refractivity (Wildman–Crippen MR) is 84.2 cm³/mol. The van der Waals surface area contributed by atoms with E-state index in [4.69, 9.17) is 21.7 Å². The van der Waals surface area contributed by atoms with Gasteiger partial charge in [-0.25, -0.2) is 0 Å². The van der Waals surface area contributed by atoms with Gasteiger partial charge in [-0.15, -0.1) is 0 Å². The predicted octanol–water partition coefficient (Wildman–Crippen LogP) is -4.14. The van der Waals surface area contributed by atoms with Crippen molar-refractivity contribution in [3.05, 3.63) is 0 Å². The molecule has 0 aromatic rings. The summed E-state index contributed by atoms with van der Waals surface area (Å²) < 4.78 is 0. The van der Waals surface area contributed by atoms with E-state index in [0.29, 0.717) is 0 Å². The normalized spacial score (nSPS) is 12.3. The molecule has 0 fully saturated rings. The first kappa shape index (κ1) is 22.8. The van der Waals surface area contributed by atoms with Crippen molar-refractivity contribution in [1.82, 2.24) is 16.0 Å². The molecule has 0 spiro atoms. The van der Waals surface area contributed by atoms with E-state index >= 15 is 0 Å². The fraction of sp³-hybridized carbons (Fsp3) is 0.538. The van der Waals surface area contributed by atoms with E-state index in [1.165, 1.54) is 0 Å². The van der Waals surface area contributed by atoms with Crippen molar-refractivity contribution >= 4 is 35.6 Å². The maximum atomic E-state index is 11.7. The number of carboxylic acids is 2. The zero-order valence-electron chi connectivity index (χ0n) is 13.7. The minimum absolute atomic E-state index is 0.0258. The molecular formula is C13H21N5O8. The Morgan fingerprint density at radius 2 is 1.46 bits per heavy atom. The number of carbonyl (C=O) groups is 6. The number of nitrogens with two attached hydrogens (primary N) is 2. The molecule has 9 N–H and O–H groups in total. The third kappa shape index (κ3) is 10.5. The molecule has 0 aromatic heterocycles. The highest BCUT2D eigenvalue weighted by Crippen LogP contribution is 1.95. The van der Waals surface area contributed by atoms with Gasteiger partial charge in [-0.1, -0.05) is 0 Å². The largest absolute Gasteiger partial charge is 0.481 e. The molecule has 0 bridgehead atoms. The van der Waals surface area contributed by atoms with Crippen LogP contribution >= 0.6 is 0 Å². The lowest BCUT2D eigenvalue weighted by Crippen LogP contribution is -2.52. The van der Waals surface area contributed by atoms with Gasteiger partial charge in [0.2, 0.25) is 23.6 Å². The van der Waals surface area contributed by atoms with Crippen LogP contribution in [-0.4, -0.2) is 71.0 Å². The quantitative estimate of drug-likeness (QED) is 0.175. The number of carbonyl (C=O) groups excluding carboxylic acids is 4. The summed E-state index contributed by atoms with van der Waals surface area (Å²) in [5.74, 6) is -6.04. The maximum Gasteiger partial charge on any atom is 0.322 e. The molecule has 146 valence electrons. The molecule has 2 unspecified atom stereocenters. The second-order valence-corrected chi connectivity index (χ2v) is 5.16. The van der Waals surface area contributed by atoms with Crippen LogP contribution in [-0.2, 0) is 28.8 Å². The van der Waals surface area contributed by atoms with E-state index in [9.17, 15) is 28.8 Å². The fourth-order valence-corrected chi connectivity index (χ4v) is 1.64. The van der Waals surface area contributed by atoms with Crippen molar-refractivity contribution in [2.45, 2.75) is 31.3 Å². The summed E-state index contributed by atoms with van der Waals surface area (Å²) in [7, 11) is 0. The number of hydrogen-bond acceptors (Lipinski definition) is 7. The number of amides is 4. The Balaban J connectivity index is 4.53. The summed E-state index contributed by atoms with van der Waals surface area (Å²) in [6, 6.07) is -2.61. The van der Waals surface area contributed by atoms with Gasteiger partial charge in [-0.3, -0.25) is 28.8 Å². The molecule has 2 atom stereocenters. The van der Waals surface area contributed by atoms with Crippen molar-refractivity contribution < 1.29 is 39.0 Å². The van der Waals surface area contributed by atoms with Crippen LogP contribution in [0, 0.1) is 0 Å². The average molecular weight is 375 g/mol. The van der Waals surface area contributed by atoms with E-state index in [0.717, 1.165) is 0 Å². The molecule has 0 aromatic carbocycles. The second-order valence-electron chi connectivity index (χ2n) is 5.16. The van der Waals surface area contributed by atoms with E-state index in [1.54, 1.807) is 0 Å². The van der Waals surface area contributed by atoms with E-state index in [1.807, 2.05) is 5.32 Å². The molecule has 13 heteroatoms. The van der Waals surface area contributed by atoms with Crippen LogP contribution in [0.2, 0.25) is 0 Å². The molecule has 0 rings (SSSR count). The van der Waals surface area contributed by atoms with Crippen LogP contribution in [0.15, 0.2) is 0 Å². The summed E-state index contributed by atoms with van der Waals surface area (Å²) in [6.45, 7) is -1.36. The van der Waals surface area contributed by atoms with E-state index in [2.05, 4.69) is 10.6 Å². The fourth-order valence-electron chi connectivity index (χ4n) is 1.64. The number of carboxylic acid groups (broad SMARTS) is 2. The molecule has 0 aliphatic heterocycles. The average Bonchev–Trinajstić information content (AvgIpc) is 2.54. The molecule has 0 saturated heterocycles. The molecule has 0 heterocycles. The van der Waals surface area contributed by atoms with Crippen LogP contribution in [0.5, 0.6) is 0 Å². The third-order valence-corrected chi connectivity index (χ3v) is 2.91. The third-order valence-electron chi connectivity index (χ3n) is 2.91. The Kier molecular flexibility index (Phi) is 9.95. The van der Waals surface area contributed by atoms with Crippen molar-refractivity contribution in [3.8, 4) is 0 Å². The highest BCUT2D eigenvalue weighted by Gasteiger charge is 2.24. The molecule has 13 nitrogen and oxygen atoms in total. The Morgan fingerprint density at radius 3 is 1.96 bits per heavy atom.